The fraction of sp³-hybridized carbons (Fsp3) is 0.286. The van der Waals surface area contributed by atoms with E-state index in [4.69, 9.17) is 0 Å². The van der Waals surface area contributed by atoms with Crippen molar-refractivity contribution in [2.45, 2.75) is 79.1 Å². The second-order valence-corrected chi connectivity index (χ2v) is 19.3. The quantitative estimate of drug-likeness (QED) is 0.142. The van der Waals surface area contributed by atoms with E-state index in [1.54, 1.807) is 0 Å². The minimum absolute atomic E-state index is 0.386. The first-order valence-corrected chi connectivity index (χ1v) is 20.0. The molecule has 0 atom stereocenters. The Hall–Kier alpha value is -3.44. The fourth-order valence-corrected chi connectivity index (χ4v) is 11.2. The normalized spacial score (nSPS) is 12.4. The topological polar surface area (TPSA) is 34.1 Å². The van der Waals surface area contributed by atoms with Crippen LogP contribution in [0.1, 0.15) is 101 Å². The lowest BCUT2D eigenvalue weighted by atomic mass is 10.0. The summed E-state index contributed by atoms with van der Waals surface area (Å²) in [7, 11) is -6.44. The van der Waals surface area contributed by atoms with E-state index >= 15 is 9.13 Å². The number of hydrogen-bond donors (Lipinski definition) is 0. The van der Waals surface area contributed by atoms with Crippen LogP contribution in [0.15, 0.2) is 121 Å². The summed E-state index contributed by atoms with van der Waals surface area (Å²) in [5.74, 6) is 1.54. The molecule has 0 aliphatic carbocycles. The Bertz CT molecular complexity index is 1590. The van der Waals surface area contributed by atoms with Crippen molar-refractivity contribution in [1.82, 2.24) is 0 Å². The van der Waals surface area contributed by atoms with Crippen molar-refractivity contribution in [1.29, 1.82) is 0 Å². The second-order valence-electron chi connectivity index (χ2n) is 13.7. The minimum Gasteiger partial charge on any atom is -0.309 e. The lowest BCUT2D eigenvalue weighted by Gasteiger charge is -2.24. The van der Waals surface area contributed by atoms with Gasteiger partial charge in [0.1, 0.15) is 0 Å². The number of rotatable bonds is 10. The third-order valence-corrected chi connectivity index (χ3v) is 15.4. The van der Waals surface area contributed by atoms with Crippen molar-refractivity contribution >= 4 is 46.1 Å². The fourth-order valence-electron chi connectivity index (χ4n) is 6.04. The van der Waals surface area contributed by atoms with Crippen molar-refractivity contribution < 1.29 is 9.13 Å². The second kappa shape index (κ2) is 13.7. The van der Waals surface area contributed by atoms with Gasteiger partial charge in [0.15, 0.2) is 14.3 Å². The molecule has 0 aliphatic heterocycles. The first kappa shape index (κ1) is 33.9. The third kappa shape index (κ3) is 6.53. The molecule has 0 heterocycles. The Kier molecular flexibility index (Phi) is 10.1. The maximum absolute atomic E-state index is 15.4. The molecular weight excluding hydrogens is 598 g/mol. The Morgan fingerprint density at radius 3 is 0.543 bits per heavy atom. The highest BCUT2D eigenvalue weighted by Gasteiger charge is 2.33. The molecule has 0 bridgehead atoms. The average molecular weight is 647 g/mol. The lowest BCUT2D eigenvalue weighted by molar-refractivity contribution is 0.591. The molecule has 238 valence electrons. The van der Waals surface area contributed by atoms with E-state index in [9.17, 15) is 0 Å². The summed E-state index contributed by atoms with van der Waals surface area (Å²) in [6, 6.07) is 40.8. The Morgan fingerprint density at radius 2 is 0.413 bits per heavy atom. The molecule has 0 N–H and O–H groups in total. The SMILES string of the molecule is CC(C)c1ccc(P(=O)(c2ccc(C(C)C)cc2)c2ccc(P(=O)(c3ccc(C(C)C)cc3)c3ccc(C(C)C)cc3)cc2)cc1. The maximum atomic E-state index is 15.4. The van der Waals surface area contributed by atoms with Gasteiger partial charge in [-0.25, -0.2) is 0 Å². The molecule has 0 fully saturated rings. The molecule has 0 radical (unpaired) electrons. The number of hydrogen-bond acceptors (Lipinski definition) is 2. The predicted molar refractivity (Wildman–Crippen MR) is 202 cm³/mol. The summed E-state index contributed by atoms with van der Waals surface area (Å²) in [5.41, 5.74) is 4.87. The van der Waals surface area contributed by atoms with Crippen LogP contribution in [-0.4, -0.2) is 0 Å². The largest absolute Gasteiger partial charge is 0.309 e. The average Bonchev–Trinajstić information content (AvgIpc) is 3.07. The smallest absolute Gasteiger partial charge is 0.171 e. The third-order valence-electron chi connectivity index (χ3n) is 9.27. The summed E-state index contributed by atoms with van der Waals surface area (Å²) in [6.07, 6.45) is 0. The van der Waals surface area contributed by atoms with Gasteiger partial charge in [0, 0.05) is 31.8 Å². The first-order chi connectivity index (χ1) is 21.8. The van der Waals surface area contributed by atoms with E-state index in [1.807, 2.05) is 72.8 Å². The van der Waals surface area contributed by atoms with Crippen molar-refractivity contribution in [3.8, 4) is 0 Å². The molecule has 4 heteroatoms. The van der Waals surface area contributed by atoms with E-state index < -0.39 is 14.3 Å². The molecule has 0 aliphatic rings. The van der Waals surface area contributed by atoms with Crippen molar-refractivity contribution in [2.75, 3.05) is 0 Å². The Labute approximate surface area is 277 Å². The molecular formula is C42H48O2P2. The predicted octanol–water partition coefficient (Wildman–Crippen LogP) is 9.46. The molecule has 5 aromatic carbocycles. The summed E-state index contributed by atoms with van der Waals surface area (Å²) < 4.78 is 30.8. The van der Waals surface area contributed by atoms with Crippen LogP contribution in [0.2, 0.25) is 0 Å². The zero-order valence-corrected chi connectivity index (χ0v) is 30.4. The standard InChI is InChI=1S/C42H48O2P2/c1-29(2)33-9-17-37(18-10-33)45(43,38-19-11-34(12-20-38)30(3)4)41-25-27-42(28-26-41)46(44,39-21-13-35(14-22-39)31(5)6)40-23-15-36(16-24-40)32(7)8/h9-32H,1-8H3. The van der Waals surface area contributed by atoms with Crippen LogP contribution >= 0.6 is 14.3 Å². The van der Waals surface area contributed by atoms with Crippen LogP contribution < -0.4 is 31.8 Å². The van der Waals surface area contributed by atoms with Crippen LogP contribution in [0.3, 0.4) is 0 Å². The molecule has 0 unspecified atom stereocenters. The van der Waals surface area contributed by atoms with E-state index in [0.717, 1.165) is 31.8 Å². The minimum atomic E-state index is -3.22. The summed E-state index contributed by atoms with van der Waals surface area (Å²) in [4.78, 5) is 0. The van der Waals surface area contributed by atoms with Gasteiger partial charge in [0.2, 0.25) is 0 Å². The molecule has 0 spiro atoms. The van der Waals surface area contributed by atoms with E-state index in [1.165, 1.54) is 22.3 Å². The van der Waals surface area contributed by atoms with Gasteiger partial charge in [0.05, 0.1) is 0 Å². The Morgan fingerprint density at radius 1 is 0.283 bits per heavy atom. The van der Waals surface area contributed by atoms with Gasteiger partial charge in [0.25, 0.3) is 0 Å². The molecule has 0 saturated heterocycles. The first-order valence-electron chi connectivity index (χ1n) is 16.6. The molecule has 0 aromatic heterocycles. The van der Waals surface area contributed by atoms with Crippen LogP contribution in [0.25, 0.3) is 0 Å². The molecule has 5 aromatic rings. The van der Waals surface area contributed by atoms with Gasteiger partial charge in [-0.15, -0.1) is 0 Å². The highest BCUT2D eigenvalue weighted by molar-refractivity contribution is 7.86. The monoisotopic (exact) mass is 646 g/mol. The molecule has 2 nitrogen and oxygen atoms in total. The van der Waals surface area contributed by atoms with E-state index in [-0.39, 0.29) is 0 Å². The van der Waals surface area contributed by atoms with Crippen LogP contribution in [0.5, 0.6) is 0 Å². The molecule has 46 heavy (non-hydrogen) atoms. The van der Waals surface area contributed by atoms with Gasteiger partial charge in [-0.05, 0) is 45.9 Å². The van der Waals surface area contributed by atoms with Gasteiger partial charge in [-0.1, -0.05) is 177 Å². The number of benzene rings is 5. The van der Waals surface area contributed by atoms with E-state index in [2.05, 4.69) is 104 Å². The molecule has 5 rings (SSSR count). The van der Waals surface area contributed by atoms with E-state index in [0.29, 0.717) is 23.7 Å². The summed E-state index contributed by atoms with van der Waals surface area (Å²) in [6.45, 7) is 17.4. The van der Waals surface area contributed by atoms with Gasteiger partial charge in [-0.2, -0.15) is 0 Å². The van der Waals surface area contributed by atoms with Crippen LogP contribution in [0, 0.1) is 0 Å². The van der Waals surface area contributed by atoms with Crippen LogP contribution in [0.4, 0.5) is 0 Å². The lowest BCUT2D eigenvalue weighted by Crippen LogP contribution is -2.28. The van der Waals surface area contributed by atoms with Gasteiger partial charge < -0.3 is 9.13 Å². The van der Waals surface area contributed by atoms with Crippen molar-refractivity contribution in [2.24, 2.45) is 0 Å². The maximum Gasteiger partial charge on any atom is 0.171 e. The van der Waals surface area contributed by atoms with Crippen molar-refractivity contribution in [3.05, 3.63) is 144 Å². The van der Waals surface area contributed by atoms with Gasteiger partial charge >= 0.3 is 0 Å². The highest BCUT2D eigenvalue weighted by atomic mass is 31.2. The summed E-state index contributed by atoms with van der Waals surface area (Å²) >= 11 is 0. The van der Waals surface area contributed by atoms with Gasteiger partial charge in [-0.3, -0.25) is 0 Å². The highest BCUT2D eigenvalue weighted by Crippen LogP contribution is 2.45. The molecule has 0 saturated carbocycles. The van der Waals surface area contributed by atoms with Crippen LogP contribution in [-0.2, 0) is 9.13 Å². The zero-order valence-electron chi connectivity index (χ0n) is 28.6. The summed E-state index contributed by atoms with van der Waals surface area (Å²) in [5, 5.41) is 4.69. The molecule has 0 amide bonds. The Balaban J connectivity index is 1.66. The zero-order chi connectivity index (χ0) is 33.2. The van der Waals surface area contributed by atoms with Crippen molar-refractivity contribution in [3.63, 3.8) is 0 Å².